The Hall–Kier alpha value is -0.0800. The van der Waals surface area contributed by atoms with Crippen molar-refractivity contribution in [2.45, 2.75) is 70.3 Å². The molecule has 2 aliphatic rings. The first-order valence-corrected chi connectivity index (χ1v) is 7.83. The monoisotopic (exact) mass is 238 g/mol. The standard InChI is InChI=1S/C15H30N2/c16-12-15(14-8-3-1-2-4-9-14)17-11-10-13-6-5-7-13/h13-15,17H,1-12,16H2. The molecule has 0 amide bonds. The van der Waals surface area contributed by atoms with Crippen LogP contribution in [0.4, 0.5) is 0 Å². The van der Waals surface area contributed by atoms with E-state index in [4.69, 9.17) is 5.73 Å². The topological polar surface area (TPSA) is 38.0 Å². The maximum absolute atomic E-state index is 5.96. The van der Waals surface area contributed by atoms with E-state index in [1.807, 2.05) is 0 Å². The Morgan fingerprint density at radius 2 is 1.65 bits per heavy atom. The fourth-order valence-corrected chi connectivity index (χ4v) is 3.41. The van der Waals surface area contributed by atoms with E-state index in [0.29, 0.717) is 6.04 Å². The Bertz CT molecular complexity index is 193. The van der Waals surface area contributed by atoms with Gasteiger partial charge >= 0.3 is 0 Å². The van der Waals surface area contributed by atoms with E-state index in [1.54, 1.807) is 0 Å². The Balaban J connectivity index is 1.66. The van der Waals surface area contributed by atoms with Gasteiger partial charge in [0.15, 0.2) is 0 Å². The zero-order chi connectivity index (χ0) is 11.9. The molecular formula is C15H30N2. The Morgan fingerprint density at radius 3 is 2.18 bits per heavy atom. The number of nitrogens with two attached hydrogens (primary N) is 1. The summed E-state index contributed by atoms with van der Waals surface area (Å²) in [5.74, 6) is 1.87. The number of hydrogen-bond donors (Lipinski definition) is 2. The van der Waals surface area contributed by atoms with Crippen LogP contribution in [0.5, 0.6) is 0 Å². The van der Waals surface area contributed by atoms with Gasteiger partial charge in [-0.2, -0.15) is 0 Å². The number of nitrogens with one attached hydrogen (secondary N) is 1. The summed E-state index contributed by atoms with van der Waals surface area (Å²) in [6.07, 6.45) is 14.3. The molecule has 1 unspecified atom stereocenters. The molecule has 1 atom stereocenters. The van der Waals surface area contributed by atoms with Crippen molar-refractivity contribution in [3.63, 3.8) is 0 Å². The number of rotatable bonds is 6. The van der Waals surface area contributed by atoms with Gasteiger partial charge in [-0.1, -0.05) is 44.9 Å². The van der Waals surface area contributed by atoms with Crippen LogP contribution in [0, 0.1) is 11.8 Å². The molecule has 0 aromatic heterocycles. The molecule has 0 aromatic carbocycles. The maximum Gasteiger partial charge on any atom is 0.0218 e. The van der Waals surface area contributed by atoms with Crippen molar-refractivity contribution in [3.8, 4) is 0 Å². The first-order chi connectivity index (χ1) is 8.40. The average molecular weight is 238 g/mol. The molecule has 2 saturated carbocycles. The highest BCUT2D eigenvalue weighted by molar-refractivity contribution is 4.80. The second kappa shape index (κ2) is 7.38. The lowest BCUT2D eigenvalue weighted by molar-refractivity contribution is 0.269. The smallest absolute Gasteiger partial charge is 0.0218 e. The minimum atomic E-state index is 0.591. The highest BCUT2D eigenvalue weighted by Gasteiger charge is 2.22. The van der Waals surface area contributed by atoms with Crippen molar-refractivity contribution in [1.29, 1.82) is 0 Å². The van der Waals surface area contributed by atoms with Crippen molar-refractivity contribution < 1.29 is 0 Å². The molecule has 3 N–H and O–H groups in total. The van der Waals surface area contributed by atoms with Crippen molar-refractivity contribution in [3.05, 3.63) is 0 Å². The van der Waals surface area contributed by atoms with E-state index in [9.17, 15) is 0 Å². The van der Waals surface area contributed by atoms with E-state index in [0.717, 1.165) is 18.4 Å². The van der Waals surface area contributed by atoms with Crippen molar-refractivity contribution >= 4 is 0 Å². The minimum Gasteiger partial charge on any atom is -0.329 e. The lowest BCUT2D eigenvalue weighted by Gasteiger charge is -2.29. The molecule has 2 heteroatoms. The molecule has 2 nitrogen and oxygen atoms in total. The van der Waals surface area contributed by atoms with Gasteiger partial charge in [0.2, 0.25) is 0 Å². The molecule has 0 bridgehead atoms. The third-order valence-electron chi connectivity index (χ3n) is 4.91. The van der Waals surface area contributed by atoms with Crippen LogP contribution in [-0.2, 0) is 0 Å². The summed E-state index contributed by atoms with van der Waals surface area (Å²) in [7, 11) is 0. The van der Waals surface area contributed by atoms with Gasteiger partial charge in [0.1, 0.15) is 0 Å². The normalized spacial score (nSPS) is 25.2. The summed E-state index contributed by atoms with van der Waals surface area (Å²) >= 11 is 0. The second-order valence-corrected chi connectivity index (χ2v) is 6.13. The fraction of sp³-hybridized carbons (Fsp3) is 1.00. The minimum absolute atomic E-state index is 0.591. The largest absolute Gasteiger partial charge is 0.329 e. The van der Waals surface area contributed by atoms with Gasteiger partial charge in [-0.25, -0.2) is 0 Å². The summed E-state index contributed by atoms with van der Waals surface area (Å²) in [4.78, 5) is 0. The molecule has 2 aliphatic carbocycles. The second-order valence-electron chi connectivity index (χ2n) is 6.13. The lowest BCUT2D eigenvalue weighted by Crippen LogP contribution is -2.43. The molecule has 0 aliphatic heterocycles. The SMILES string of the molecule is NCC(NCCC1CCC1)C1CCCCCC1. The molecule has 0 radical (unpaired) electrons. The van der Waals surface area contributed by atoms with Crippen LogP contribution in [0.25, 0.3) is 0 Å². The zero-order valence-corrected chi connectivity index (χ0v) is 11.3. The van der Waals surface area contributed by atoms with E-state index < -0.39 is 0 Å². The summed E-state index contributed by atoms with van der Waals surface area (Å²) in [6, 6.07) is 0.591. The first kappa shape index (κ1) is 13.4. The van der Waals surface area contributed by atoms with Crippen molar-refractivity contribution in [2.75, 3.05) is 13.1 Å². The number of hydrogen-bond acceptors (Lipinski definition) is 2. The molecule has 0 spiro atoms. The fourth-order valence-electron chi connectivity index (χ4n) is 3.41. The van der Waals surface area contributed by atoms with Crippen LogP contribution in [0.1, 0.15) is 64.2 Å². The third kappa shape index (κ3) is 4.26. The molecule has 17 heavy (non-hydrogen) atoms. The summed E-state index contributed by atoms with van der Waals surface area (Å²) in [5.41, 5.74) is 5.96. The van der Waals surface area contributed by atoms with Gasteiger partial charge < -0.3 is 11.1 Å². The Kier molecular flexibility index (Phi) is 5.79. The van der Waals surface area contributed by atoms with E-state index in [1.165, 1.54) is 70.8 Å². The first-order valence-electron chi connectivity index (χ1n) is 7.83. The summed E-state index contributed by atoms with van der Waals surface area (Å²) in [5, 5.41) is 3.74. The Labute approximate surface area is 107 Å². The van der Waals surface area contributed by atoms with Crippen LogP contribution >= 0.6 is 0 Å². The van der Waals surface area contributed by atoms with E-state index >= 15 is 0 Å². The van der Waals surface area contributed by atoms with Crippen LogP contribution in [0.3, 0.4) is 0 Å². The van der Waals surface area contributed by atoms with Crippen LogP contribution in [0.2, 0.25) is 0 Å². The van der Waals surface area contributed by atoms with Gasteiger partial charge in [0.25, 0.3) is 0 Å². The van der Waals surface area contributed by atoms with Crippen molar-refractivity contribution in [1.82, 2.24) is 5.32 Å². The molecule has 100 valence electrons. The van der Waals surface area contributed by atoms with Gasteiger partial charge in [-0.15, -0.1) is 0 Å². The van der Waals surface area contributed by atoms with E-state index in [-0.39, 0.29) is 0 Å². The molecule has 2 rings (SSSR count). The van der Waals surface area contributed by atoms with E-state index in [2.05, 4.69) is 5.32 Å². The average Bonchev–Trinajstić information content (AvgIpc) is 2.55. The van der Waals surface area contributed by atoms with Gasteiger partial charge in [-0.3, -0.25) is 0 Å². The molecular weight excluding hydrogens is 208 g/mol. The predicted octanol–water partition coefficient (Wildman–Crippen LogP) is 3.06. The van der Waals surface area contributed by atoms with Gasteiger partial charge in [0.05, 0.1) is 0 Å². The predicted molar refractivity (Wildman–Crippen MR) is 74.0 cm³/mol. The third-order valence-corrected chi connectivity index (χ3v) is 4.91. The molecule has 0 saturated heterocycles. The maximum atomic E-state index is 5.96. The lowest BCUT2D eigenvalue weighted by atomic mass is 9.83. The quantitative estimate of drug-likeness (QED) is 0.698. The highest BCUT2D eigenvalue weighted by Crippen LogP contribution is 2.29. The van der Waals surface area contributed by atoms with Crippen LogP contribution < -0.4 is 11.1 Å². The summed E-state index contributed by atoms with van der Waals surface area (Å²) < 4.78 is 0. The highest BCUT2D eigenvalue weighted by atomic mass is 14.9. The van der Waals surface area contributed by atoms with Crippen LogP contribution in [-0.4, -0.2) is 19.1 Å². The van der Waals surface area contributed by atoms with Crippen LogP contribution in [0.15, 0.2) is 0 Å². The summed E-state index contributed by atoms with van der Waals surface area (Å²) in [6.45, 7) is 2.03. The Morgan fingerprint density at radius 1 is 0.941 bits per heavy atom. The van der Waals surface area contributed by atoms with Gasteiger partial charge in [0, 0.05) is 12.6 Å². The molecule has 0 heterocycles. The zero-order valence-electron chi connectivity index (χ0n) is 11.3. The molecule has 0 aromatic rings. The molecule has 2 fully saturated rings. The van der Waals surface area contributed by atoms with Gasteiger partial charge in [-0.05, 0) is 37.6 Å². The van der Waals surface area contributed by atoms with Crippen molar-refractivity contribution in [2.24, 2.45) is 17.6 Å².